The summed E-state index contributed by atoms with van der Waals surface area (Å²) in [6.07, 6.45) is 5.96. The Morgan fingerprint density at radius 3 is 2.60 bits per heavy atom. The van der Waals surface area contributed by atoms with E-state index in [9.17, 15) is 8.42 Å². The topological polar surface area (TPSA) is 90.2 Å². The molecule has 0 aliphatic carbocycles. The molecule has 0 N–H and O–H groups in total. The molecule has 0 aromatic carbocycles. The van der Waals surface area contributed by atoms with E-state index in [2.05, 4.69) is 15.1 Å². The van der Waals surface area contributed by atoms with E-state index in [1.807, 2.05) is 13.8 Å². The largest absolute Gasteiger partial charge is 0.477 e. The molecule has 0 bridgehead atoms. The van der Waals surface area contributed by atoms with Gasteiger partial charge in [0.05, 0.1) is 12.8 Å². The lowest BCUT2D eigenvalue weighted by Crippen LogP contribution is -2.39. The monoisotopic (exact) mass is 365 g/mol. The summed E-state index contributed by atoms with van der Waals surface area (Å²) >= 11 is 0. The fourth-order valence-corrected chi connectivity index (χ4v) is 4.31. The first-order chi connectivity index (χ1) is 11.9. The molecule has 1 aliphatic heterocycles. The van der Waals surface area contributed by atoms with Crippen molar-refractivity contribution in [3.05, 3.63) is 30.0 Å². The fourth-order valence-electron chi connectivity index (χ4n) is 2.86. The molecule has 0 amide bonds. The second kappa shape index (κ2) is 7.09. The second-order valence-corrected chi connectivity index (χ2v) is 8.34. The van der Waals surface area contributed by atoms with Gasteiger partial charge in [0.15, 0.2) is 0 Å². The van der Waals surface area contributed by atoms with Gasteiger partial charge in [0.25, 0.3) is 0 Å². The van der Waals surface area contributed by atoms with Gasteiger partial charge in [-0.3, -0.25) is 4.68 Å². The summed E-state index contributed by atoms with van der Waals surface area (Å²) in [6, 6.07) is 0. The molecule has 3 heterocycles. The Kier molecular flexibility index (Phi) is 5.05. The first-order valence-electron chi connectivity index (χ1n) is 8.27. The van der Waals surface area contributed by atoms with Crippen molar-refractivity contribution in [1.29, 1.82) is 0 Å². The van der Waals surface area contributed by atoms with Crippen LogP contribution in [0.25, 0.3) is 0 Å². The number of rotatable bonds is 5. The molecule has 0 spiro atoms. The molecule has 1 aliphatic rings. The van der Waals surface area contributed by atoms with E-state index >= 15 is 0 Å². The summed E-state index contributed by atoms with van der Waals surface area (Å²) in [5, 5.41) is 3.95. The van der Waals surface area contributed by atoms with Crippen LogP contribution in [-0.4, -0.2) is 52.2 Å². The van der Waals surface area contributed by atoms with Crippen LogP contribution in [0.5, 0.6) is 5.88 Å². The second-order valence-electron chi connectivity index (χ2n) is 6.40. The number of nitrogens with zero attached hydrogens (tertiary/aromatic N) is 5. The van der Waals surface area contributed by atoms with Gasteiger partial charge in [-0.1, -0.05) is 0 Å². The summed E-state index contributed by atoms with van der Waals surface area (Å²) in [5.41, 5.74) is 1.85. The Bertz CT molecular complexity index is 841. The van der Waals surface area contributed by atoms with Crippen molar-refractivity contribution >= 4 is 10.0 Å². The van der Waals surface area contributed by atoms with Gasteiger partial charge in [-0.25, -0.2) is 18.4 Å². The summed E-state index contributed by atoms with van der Waals surface area (Å²) < 4.78 is 34.0. The Balaban J connectivity index is 1.56. The third kappa shape index (κ3) is 3.82. The van der Waals surface area contributed by atoms with Gasteiger partial charge in [0.2, 0.25) is 15.9 Å². The Morgan fingerprint density at radius 2 is 1.96 bits per heavy atom. The van der Waals surface area contributed by atoms with Crippen molar-refractivity contribution in [1.82, 2.24) is 24.1 Å². The normalized spacial score (nSPS) is 16.9. The van der Waals surface area contributed by atoms with Crippen LogP contribution < -0.4 is 4.74 Å². The molecule has 2 aromatic rings. The number of aryl methyl sites for hydroxylation is 2. The van der Waals surface area contributed by atoms with Crippen LogP contribution >= 0.6 is 0 Å². The van der Waals surface area contributed by atoms with Crippen molar-refractivity contribution in [2.24, 2.45) is 13.0 Å². The Hall–Kier alpha value is -2.00. The standard InChI is InChI=1S/C16H23N5O3S/c1-12-13(2)17-11-18-16(12)24-10-14-4-6-21(7-5-14)25(22,23)15-8-19-20(3)9-15/h8-9,11,14H,4-7,10H2,1-3H3. The zero-order valence-electron chi connectivity index (χ0n) is 14.7. The zero-order chi connectivity index (χ0) is 18.0. The molecule has 9 heteroatoms. The van der Waals surface area contributed by atoms with Crippen LogP contribution in [-0.2, 0) is 17.1 Å². The minimum absolute atomic E-state index is 0.247. The molecular formula is C16H23N5O3S. The minimum atomic E-state index is -3.46. The predicted molar refractivity (Wildman–Crippen MR) is 91.7 cm³/mol. The number of ether oxygens (including phenoxy) is 1. The zero-order valence-corrected chi connectivity index (χ0v) is 15.5. The molecule has 3 rings (SSSR count). The Morgan fingerprint density at radius 1 is 1.24 bits per heavy atom. The molecule has 0 saturated carbocycles. The van der Waals surface area contributed by atoms with Crippen LogP contribution in [0.15, 0.2) is 23.6 Å². The maximum Gasteiger partial charge on any atom is 0.246 e. The summed E-state index contributed by atoms with van der Waals surface area (Å²) in [6.45, 7) is 5.39. The molecule has 1 fully saturated rings. The lowest BCUT2D eigenvalue weighted by Gasteiger charge is -2.30. The lowest BCUT2D eigenvalue weighted by molar-refractivity contribution is 0.180. The molecule has 1 saturated heterocycles. The van der Waals surface area contributed by atoms with Crippen molar-refractivity contribution < 1.29 is 13.2 Å². The van der Waals surface area contributed by atoms with E-state index in [1.54, 1.807) is 7.05 Å². The van der Waals surface area contributed by atoms with Gasteiger partial charge in [0.1, 0.15) is 11.2 Å². The van der Waals surface area contributed by atoms with E-state index in [0.717, 1.165) is 24.1 Å². The number of hydrogen-bond acceptors (Lipinski definition) is 6. The number of piperidine rings is 1. The minimum Gasteiger partial charge on any atom is -0.477 e. The van der Waals surface area contributed by atoms with Crippen LogP contribution in [0.1, 0.15) is 24.1 Å². The molecule has 0 atom stereocenters. The number of sulfonamides is 1. The fraction of sp³-hybridized carbons (Fsp3) is 0.562. The van der Waals surface area contributed by atoms with Gasteiger partial charge in [0, 0.05) is 37.6 Å². The van der Waals surface area contributed by atoms with Gasteiger partial charge in [-0.15, -0.1) is 0 Å². The molecule has 25 heavy (non-hydrogen) atoms. The first-order valence-corrected chi connectivity index (χ1v) is 9.71. The third-order valence-electron chi connectivity index (χ3n) is 4.64. The Labute approximate surface area is 147 Å². The van der Waals surface area contributed by atoms with Crippen molar-refractivity contribution in [3.63, 3.8) is 0 Å². The smallest absolute Gasteiger partial charge is 0.246 e. The van der Waals surface area contributed by atoms with E-state index in [-0.39, 0.29) is 4.90 Å². The van der Waals surface area contributed by atoms with Gasteiger partial charge >= 0.3 is 0 Å². The van der Waals surface area contributed by atoms with Gasteiger partial charge < -0.3 is 4.74 Å². The molecule has 136 valence electrons. The third-order valence-corrected chi connectivity index (χ3v) is 6.49. The number of aromatic nitrogens is 4. The summed E-state index contributed by atoms with van der Waals surface area (Å²) in [5.74, 6) is 0.924. The number of hydrogen-bond donors (Lipinski definition) is 0. The van der Waals surface area contributed by atoms with E-state index in [0.29, 0.717) is 31.5 Å². The summed E-state index contributed by atoms with van der Waals surface area (Å²) in [7, 11) is -1.75. The maximum absolute atomic E-state index is 12.6. The molecule has 0 radical (unpaired) electrons. The van der Waals surface area contributed by atoms with Gasteiger partial charge in [-0.2, -0.15) is 9.40 Å². The highest BCUT2D eigenvalue weighted by atomic mass is 32.2. The van der Waals surface area contributed by atoms with Crippen LogP contribution in [0.3, 0.4) is 0 Å². The molecular weight excluding hydrogens is 342 g/mol. The molecule has 0 unspecified atom stereocenters. The van der Waals surface area contributed by atoms with Crippen LogP contribution in [0.4, 0.5) is 0 Å². The highest BCUT2D eigenvalue weighted by Gasteiger charge is 2.30. The van der Waals surface area contributed by atoms with E-state index in [4.69, 9.17) is 4.74 Å². The SMILES string of the molecule is Cc1ncnc(OCC2CCN(S(=O)(=O)c3cnn(C)c3)CC2)c1C. The van der Waals surface area contributed by atoms with E-state index in [1.165, 1.54) is 27.7 Å². The quantitative estimate of drug-likeness (QED) is 0.793. The van der Waals surface area contributed by atoms with Crippen molar-refractivity contribution in [3.8, 4) is 5.88 Å². The predicted octanol–water partition coefficient (Wildman–Crippen LogP) is 1.31. The highest BCUT2D eigenvalue weighted by Crippen LogP contribution is 2.25. The van der Waals surface area contributed by atoms with Crippen LogP contribution in [0, 0.1) is 19.8 Å². The lowest BCUT2D eigenvalue weighted by atomic mass is 9.99. The van der Waals surface area contributed by atoms with Crippen LogP contribution in [0.2, 0.25) is 0 Å². The highest BCUT2D eigenvalue weighted by molar-refractivity contribution is 7.89. The first kappa shape index (κ1) is 17.8. The maximum atomic E-state index is 12.6. The average Bonchev–Trinajstić information content (AvgIpc) is 3.04. The van der Waals surface area contributed by atoms with Crippen molar-refractivity contribution in [2.75, 3.05) is 19.7 Å². The van der Waals surface area contributed by atoms with Crippen molar-refractivity contribution in [2.45, 2.75) is 31.6 Å². The molecule has 8 nitrogen and oxygen atoms in total. The van der Waals surface area contributed by atoms with E-state index < -0.39 is 10.0 Å². The average molecular weight is 365 g/mol. The summed E-state index contributed by atoms with van der Waals surface area (Å²) in [4.78, 5) is 8.55. The van der Waals surface area contributed by atoms with Gasteiger partial charge in [-0.05, 0) is 32.6 Å². The molecule has 2 aromatic heterocycles.